The first-order valence-corrected chi connectivity index (χ1v) is 3.83. The minimum Gasteiger partial charge on any atom is -0.304 e. The van der Waals surface area contributed by atoms with Crippen LogP contribution in [-0.2, 0) is 4.79 Å². The Bertz CT molecular complexity index is 234. The molecule has 1 aromatic rings. The Labute approximate surface area is 73.7 Å². The minimum atomic E-state index is 0.750. The zero-order chi connectivity index (χ0) is 9.40. The quantitative estimate of drug-likeness (QED) is 0.580. The summed E-state index contributed by atoms with van der Waals surface area (Å²) in [6.45, 7) is 7.18. The van der Waals surface area contributed by atoms with Crippen LogP contribution in [0.4, 0.5) is 0 Å². The Morgan fingerprint density at radius 1 is 1.25 bits per heavy atom. The van der Waals surface area contributed by atoms with Crippen molar-refractivity contribution >= 4 is 12.4 Å². The molecule has 0 aliphatic rings. The van der Waals surface area contributed by atoms with E-state index < -0.39 is 0 Å². The summed E-state index contributed by atoms with van der Waals surface area (Å²) < 4.78 is 0. The van der Waals surface area contributed by atoms with E-state index in [0.717, 1.165) is 6.29 Å². The standard InChI is InChI=1S/C9H10.C2H4O/c1-3-9-6-4-8(2)5-7-9;1-2-3/h3-7H,1H2,2H3;2H,1H3. The fourth-order valence-electron chi connectivity index (χ4n) is 0.703. The maximum Gasteiger partial charge on any atom is 0.116 e. The molecule has 0 heterocycles. The maximum absolute atomic E-state index is 8.81. The smallest absolute Gasteiger partial charge is 0.116 e. The van der Waals surface area contributed by atoms with Crippen LogP contribution in [0.3, 0.4) is 0 Å². The van der Waals surface area contributed by atoms with Crippen LogP contribution < -0.4 is 0 Å². The highest BCUT2D eigenvalue weighted by atomic mass is 16.1. The van der Waals surface area contributed by atoms with E-state index in [0.29, 0.717) is 0 Å². The SMILES string of the molecule is C=Cc1ccc(C)cc1.CC=O. The summed E-state index contributed by atoms with van der Waals surface area (Å²) in [6.07, 6.45) is 2.60. The highest BCUT2D eigenvalue weighted by molar-refractivity contribution is 5.46. The number of benzene rings is 1. The fourth-order valence-corrected chi connectivity index (χ4v) is 0.703. The second kappa shape index (κ2) is 6.35. The highest BCUT2D eigenvalue weighted by Crippen LogP contribution is 2.02. The molecule has 0 atom stereocenters. The van der Waals surface area contributed by atoms with E-state index in [-0.39, 0.29) is 0 Å². The molecule has 1 rings (SSSR count). The minimum absolute atomic E-state index is 0.750. The third-order valence-corrected chi connectivity index (χ3v) is 1.31. The second-order valence-corrected chi connectivity index (χ2v) is 2.35. The second-order valence-electron chi connectivity index (χ2n) is 2.35. The van der Waals surface area contributed by atoms with Gasteiger partial charge in [0.05, 0.1) is 0 Å². The van der Waals surface area contributed by atoms with Gasteiger partial charge < -0.3 is 4.79 Å². The molecule has 0 radical (unpaired) electrons. The van der Waals surface area contributed by atoms with Gasteiger partial charge in [0, 0.05) is 0 Å². The van der Waals surface area contributed by atoms with Crippen LogP contribution in [0.15, 0.2) is 30.8 Å². The number of carbonyl (C=O) groups excluding carboxylic acids is 1. The van der Waals surface area contributed by atoms with Gasteiger partial charge in [-0.05, 0) is 19.4 Å². The van der Waals surface area contributed by atoms with E-state index in [1.807, 2.05) is 6.08 Å². The predicted molar refractivity (Wildman–Crippen MR) is 53.0 cm³/mol. The number of hydrogen-bond acceptors (Lipinski definition) is 1. The average Bonchev–Trinajstić information content (AvgIpc) is 2.07. The molecule has 64 valence electrons. The zero-order valence-corrected chi connectivity index (χ0v) is 7.58. The van der Waals surface area contributed by atoms with Gasteiger partial charge in [0.25, 0.3) is 0 Å². The maximum atomic E-state index is 8.81. The molecule has 0 saturated heterocycles. The van der Waals surface area contributed by atoms with Crippen LogP contribution >= 0.6 is 0 Å². The molecule has 0 unspecified atom stereocenters. The molecule has 0 aliphatic heterocycles. The van der Waals surface area contributed by atoms with Crippen molar-refractivity contribution in [3.63, 3.8) is 0 Å². The van der Waals surface area contributed by atoms with Gasteiger partial charge >= 0.3 is 0 Å². The van der Waals surface area contributed by atoms with E-state index in [2.05, 4.69) is 37.8 Å². The van der Waals surface area contributed by atoms with Crippen molar-refractivity contribution in [3.05, 3.63) is 42.0 Å². The van der Waals surface area contributed by atoms with Gasteiger partial charge in [-0.3, -0.25) is 0 Å². The monoisotopic (exact) mass is 162 g/mol. The van der Waals surface area contributed by atoms with Crippen LogP contribution in [0.1, 0.15) is 18.1 Å². The topological polar surface area (TPSA) is 17.1 Å². The number of hydrogen-bond donors (Lipinski definition) is 0. The van der Waals surface area contributed by atoms with Crippen molar-refractivity contribution in [3.8, 4) is 0 Å². The summed E-state index contributed by atoms with van der Waals surface area (Å²) in [6, 6.07) is 8.28. The van der Waals surface area contributed by atoms with Crippen molar-refractivity contribution in [2.75, 3.05) is 0 Å². The zero-order valence-electron chi connectivity index (χ0n) is 7.58. The molecular formula is C11H14O. The Morgan fingerprint density at radius 2 is 1.67 bits per heavy atom. The van der Waals surface area contributed by atoms with Crippen LogP contribution in [-0.4, -0.2) is 6.29 Å². The van der Waals surface area contributed by atoms with Gasteiger partial charge in [0.1, 0.15) is 6.29 Å². The van der Waals surface area contributed by atoms with E-state index in [1.54, 1.807) is 0 Å². The molecule has 0 fully saturated rings. The van der Waals surface area contributed by atoms with Gasteiger partial charge in [-0.25, -0.2) is 0 Å². The van der Waals surface area contributed by atoms with Crippen molar-refractivity contribution in [1.29, 1.82) is 0 Å². The van der Waals surface area contributed by atoms with Gasteiger partial charge in [0.15, 0.2) is 0 Å². The molecule has 1 aromatic carbocycles. The lowest BCUT2D eigenvalue weighted by atomic mass is 10.2. The molecule has 1 heteroatoms. The molecule has 0 aromatic heterocycles. The Kier molecular flexibility index (Phi) is 5.62. The largest absolute Gasteiger partial charge is 0.304 e. The van der Waals surface area contributed by atoms with Gasteiger partial charge in [-0.2, -0.15) is 0 Å². The molecule has 0 saturated carbocycles. The molecular weight excluding hydrogens is 148 g/mol. The number of aryl methyl sites for hydroxylation is 1. The highest BCUT2D eigenvalue weighted by Gasteiger charge is 1.82. The molecule has 0 aliphatic carbocycles. The Morgan fingerprint density at radius 3 is 2.00 bits per heavy atom. The lowest BCUT2D eigenvalue weighted by Crippen LogP contribution is -1.71. The Balaban J connectivity index is 0.000000354. The first-order valence-electron chi connectivity index (χ1n) is 3.83. The fraction of sp³-hybridized carbons (Fsp3) is 0.182. The van der Waals surface area contributed by atoms with Crippen LogP contribution in [0.2, 0.25) is 0 Å². The van der Waals surface area contributed by atoms with E-state index >= 15 is 0 Å². The molecule has 0 spiro atoms. The third-order valence-electron chi connectivity index (χ3n) is 1.31. The summed E-state index contributed by atoms with van der Waals surface area (Å²) in [4.78, 5) is 8.81. The van der Waals surface area contributed by atoms with Crippen molar-refractivity contribution in [2.24, 2.45) is 0 Å². The summed E-state index contributed by atoms with van der Waals surface area (Å²) >= 11 is 0. The normalized spacial score (nSPS) is 7.83. The van der Waals surface area contributed by atoms with Crippen LogP contribution in [0.5, 0.6) is 0 Å². The third kappa shape index (κ3) is 4.45. The number of rotatable bonds is 1. The summed E-state index contributed by atoms with van der Waals surface area (Å²) in [7, 11) is 0. The van der Waals surface area contributed by atoms with Gasteiger partial charge in [-0.15, -0.1) is 0 Å². The van der Waals surface area contributed by atoms with Crippen LogP contribution in [0, 0.1) is 6.92 Å². The lowest BCUT2D eigenvalue weighted by Gasteiger charge is -1.91. The molecule has 0 amide bonds. The molecule has 1 nitrogen and oxygen atoms in total. The summed E-state index contributed by atoms with van der Waals surface area (Å²) in [5, 5.41) is 0. The lowest BCUT2D eigenvalue weighted by molar-refractivity contribution is -0.106. The van der Waals surface area contributed by atoms with Gasteiger partial charge in [-0.1, -0.05) is 42.5 Å². The van der Waals surface area contributed by atoms with Crippen LogP contribution in [0.25, 0.3) is 6.08 Å². The first kappa shape index (κ1) is 10.6. The molecule has 0 bridgehead atoms. The summed E-state index contributed by atoms with van der Waals surface area (Å²) in [5.41, 5.74) is 2.47. The number of aldehydes is 1. The van der Waals surface area contributed by atoms with Crippen molar-refractivity contribution < 1.29 is 4.79 Å². The predicted octanol–water partition coefficient (Wildman–Crippen LogP) is 2.84. The van der Waals surface area contributed by atoms with Crippen molar-refractivity contribution in [1.82, 2.24) is 0 Å². The van der Waals surface area contributed by atoms with E-state index in [9.17, 15) is 0 Å². The molecule has 12 heavy (non-hydrogen) atoms. The molecule has 0 N–H and O–H groups in total. The first-order chi connectivity index (χ1) is 5.74. The van der Waals surface area contributed by atoms with Crippen molar-refractivity contribution in [2.45, 2.75) is 13.8 Å². The number of carbonyl (C=O) groups is 1. The van der Waals surface area contributed by atoms with Gasteiger partial charge in [0.2, 0.25) is 0 Å². The van der Waals surface area contributed by atoms with E-state index in [4.69, 9.17) is 4.79 Å². The average molecular weight is 162 g/mol. The van der Waals surface area contributed by atoms with E-state index in [1.165, 1.54) is 18.1 Å². The summed E-state index contributed by atoms with van der Waals surface area (Å²) in [5.74, 6) is 0. The Hall–Kier alpha value is -1.37.